The predicted octanol–water partition coefficient (Wildman–Crippen LogP) is 2.28. The van der Waals surface area contributed by atoms with Crippen molar-refractivity contribution in [3.63, 3.8) is 0 Å². The van der Waals surface area contributed by atoms with E-state index in [1.54, 1.807) is 0 Å². The first-order valence-electron chi connectivity index (χ1n) is 5.02. The van der Waals surface area contributed by atoms with E-state index in [9.17, 15) is 5.21 Å². The zero-order chi connectivity index (χ0) is 9.90. The molecule has 0 aromatic heterocycles. The summed E-state index contributed by atoms with van der Waals surface area (Å²) in [6, 6.07) is 0. The quantitative estimate of drug-likeness (QED) is 0.222. The van der Waals surface area contributed by atoms with Gasteiger partial charge >= 0.3 is 0 Å². The number of hydroxylamine groups is 1. The third-order valence-corrected chi connectivity index (χ3v) is 2.54. The highest BCUT2D eigenvalue weighted by molar-refractivity contribution is 5.15. The Labute approximate surface area is 80.0 Å². The fraction of sp³-hybridized carbons (Fsp3) is 0.900. The van der Waals surface area contributed by atoms with Gasteiger partial charge < -0.3 is 9.94 Å². The molecular formula is C10H19NO2. The second kappa shape index (κ2) is 4.09. The van der Waals surface area contributed by atoms with E-state index in [1.807, 2.05) is 13.8 Å². The first-order valence-corrected chi connectivity index (χ1v) is 5.02. The summed E-state index contributed by atoms with van der Waals surface area (Å²) < 4.78 is 6.45. The van der Waals surface area contributed by atoms with Crippen LogP contribution >= 0.6 is 0 Å². The first-order chi connectivity index (χ1) is 6.07. The van der Waals surface area contributed by atoms with Crippen molar-refractivity contribution in [3.8, 4) is 0 Å². The molecule has 0 atom stereocenters. The monoisotopic (exact) mass is 185 g/mol. The molecule has 1 aliphatic rings. The average molecular weight is 185 g/mol. The Bertz CT molecular complexity index is 183. The van der Waals surface area contributed by atoms with Crippen LogP contribution in [0.5, 0.6) is 0 Å². The van der Waals surface area contributed by atoms with Gasteiger partial charge in [0.1, 0.15) is 6.72 Å². The SMILES string of the molecule is C=[N+]([O-])C1(OC(C)C)CCCCC1. The molecule has 0 amide bonds. The van der Waals surface area contributed by atoms with E-state index in [1.165, 1.54) is 6.42 Å². The molecule has 0 spiro atoms. The van der Waals surface area contributed by atoms with Crippen LogP contribution < -0.4 is 0 Å². The van der Waals surface area contributed by atoms with Crippen molar-refractivity contribution in [2.24, 2.45) is 0 Å². The smallest absolute Gasteiger partial charge is 0.276 e. The zero-order valence-corrected chi connectivity index (χ0v) is 8.58. The van der Waals surface area contributed by atoms with Gasteiger partial charge in [0.2, 0.25) is 0 Å². The fourth-order valence-corrected chi connectivity index (χ4v) is 1.97. The lowest BCUT2D eigenvalue weighted by Crippen LogP contribution is -2.45. The van der Waals surface area contributed by atoms with Crippen LogP contribution in [0.4, 0.5) is 0 Å². The van der Waals surface area contributed by atoms with Crippen LogP contribution in [0.1, 0.15) is 46.0 Å². The molecule has 76 valence electrons. The minimum absolute atomic E-state index is 0.0938. The van der Waals surface area contributed by atoms with Gasteiger partial charge in [0.05, 0.1) is 6.10 Å². The molecule has 3 heteroatoms. The summed E-state index contributed by atoms with van der Waals surface area (Å²) in [4.78, 5) is 0. The van der Waals surface area contributed by atoms with Gasteiger partial charge in [-0.2, -0.15) is 4.74 Å². The van der Waals surface area contributed by atoms with Crippen LogP contribution in [-0.2, 0) is 4.74 Å². The molecule has 0 unspecified atom stereocenters. The van der Waals surface area contributed by atoms with Crippen LogP contribution in [0, 0.1) is 5.21 Å². The van der Waals surface area contributed by atoms with Crippen molar-refractivity contribution in [1.82, 2.24) is 0 Å². The van der Waals surface area contributed by atoms with Crippen LogP contribution in [0.2, 0.25) is 0 Å². The van der Waals surface area contributed by atoms with Crippen molar-refractivity contribution in [1.29, 1.82) is 0 Å². The van der Waals surface area contributed by atoms with E-state index in [-0.39, 0.29) is 6.10 Å². The van der Waals surface area contributed by atoms with Crippen molar-refractivity contribution in [2.75, 3.05) is 0 Å². The van der Waals surface area contributed by atoms with Crippen molar-refractivity contribution < 1.29 is 9.48 Å². The molecule has 0 N–H and O–H groups in total. The maximum absolute atomic E-state index is 11.3. The Morgan fingerprint density at radius 2 is 1.85 bits per heavy atom. The minimum atomic E-state index is -0.633. The first kappa shape index (κ1) is 10.5. The zero-order valence-electron chi connectivity index (χ0n) is 8.58. The average Bonchev–Trinajstić information content (AvgIpc) is 2.04. The van der Waals surface area contributed by atoms with Gasteiger partial charge in [-0.05, 0) is 26.7 Å². The van der Waals surface area contributed by atoms with E-state index < -0.39 is 5.72 Å². The summed E-state index contributed by atoms with van der Waals surface area (Å²) in [6.07, 6.45) is 5.08. The van der Waals surface area contributed by atoms with E-state index >= 15 is 0 Å². The van der Waals surface area contributed by atoms with E-state index in [4.69, 9.17) is 4.74 Å². The number of nitrogens with zero attached hydrogens (tertiary/aromatic N) is 1. The Morgan fingerprint density at radius 3 is 2.23 bits per heavy atom. The molecule has 0 bridgehead atoms. The summed E-state index contributed by atoms with van der Waals surface area (Å²) in [5.74, 6) is 0. The molecule has 0 aliphatic heterocycles. The van der Waals surface area contributed by atoms with Gasteiger partial charge in [0, 0.05) is 12.8 Å². The largest absolute Gasteiger partial charge is 0.622 e. The van der Waals surface area contributed by atoms with Gasteiger partial charge in [-0.1, -0.05) is 6.42 Å². The van der Waals surface area contributed by atoms with E-state index in [0.29, 0.717) is 0 Å². The normalized spacial score (nSPS) is 21.8. The van der Waals surface area contributed by atoms with Gasteiger partial charge in [0.25, 0.3) is 5.72 Å². The van der Waals surface area contributed by atoms with Crippen LogP contribution in [0.3, 0.4) is 0 Å². The fourth-order valence-electron chi connectivity index (χ4n) is 1.97. The number of hydrogen-bond donors (Lipinski definition) is 0. The topological polar surface area (TPSA) is 35.3 Å². The highest BCUT2D eigenvalue weighted by atomic mass is 16.6. The Morgan fingerprint density at radius 1 is 1.31 bits per heavy atom. The van der Waals surface area contributed by atoms with Crippen molar-refractivity contribution in [3.05, 3.63) is 5.21 Å². The van der Waals surface area contributed by atoms with Gasteiger partial charge in [-0.25, -0.2) is 0 Å². The van der Waals surface area contributed by atoms with Crippen molar-refractivity contribution >= 4 is 6.72 Å². The standard InChI is InChI=1S/C10H19NO2/c1-9(2)13-10(11(3)12)7-5-4-6-8-10/h9H,3-8H2,1-2H3. The highest BCUT2D eigenvalue weighted by Gasteiger charge is 2.41. The van der Waals surface area contributed by atoms with E-state index in [0.717, 1.165) is 30.4 Å². The summed E-state index contributed by atoms with van der Waals surface area (Å²) in [7, 11) is 0. The molecule has 13 heavy (non-hydrogen) atoms. The Kier molecular flexibility index (Phi) is 3.31. The van der Waals surface area contributed by atoms with Gasteiger partial charge in [-0.3, -0.25) is 0 Å². The summed E-state index contributed by atoms with van der Waals surface area (Å²) >= 11 is 0. The molecule has 1 saturated carbocycles. The maximum atomic E-state index is 11.3. The van der Waals surface area contributed by atoms with Gasteiger partial charge in [-0.15, -0.1) is 0 Å². The van der Waals surface area contributed by atoms with Crippen LogP contribution in [0.15, 0.2) is 0 Å². The van der Waals surface area contributed by atoms with Crippen LogP contribution in [-0.4, -0.2) is 23.3 Å². The second-order valence-electron chi connectivity index (χ2n) is 4.05. The highest BCUT2D eigenvalue weighted by Crippen LogP contribution is 2.32. The molecular weight excluding hydrogens is 166 g/mol. The van der Waals surface area contributed by atoms with E-state index in [2.05, 4.69) is 6.72 Å². The molecule has 0 aromatic rings. The number of rotatable bonds is 3. The Balaban J connectivity index is 2.67. The lowest BCUT2D eigenvalue weighted by molar-refractivity contribution is -0.616. The summed E-state index contributed by atoms with van der Waals surface area (Å²) in [5.41, 5.74) is -0.633. The van der Waals surface area contributed by atoms with Gasteiger partial charge in [0.15, 0.2) is 0 Å². The molecule has 1 aliphatic carbocycles. The Hall–Kier alpha value is -0.570. The lowest BCUT2D eigenvalue weighted by atomic mass is 9.91. The minimum Gasteiger partial charge on any atom is -0.622 e. The molecule has 0 radical (unpaired) electrons. The molecule has 0 aromatic carbocycles. The molecule has 0 heterocycles. The predicted molar refractivity (Wildman–Crippen MR) is 52.8 cm³/mol. The maximum Gasteiger partial charge on any atom is 0.276 e. The third-order valence-electron chi connectivity index (χ3n) is 2.54. The van der Waals surface area contributed by atoms with Crippen LogP contribution in [0.25, 0.3) is 0 Å². The molecule has 3 nitrogen and oxygen atoms in total. The second-order valence-corrected chi connectivity index (χ2v) is 4.05. The molecule has 1 rings (SSSR count). The molecule has 0 saturated heterocycles. The summed E-state index contributed by atoms with van der Waals surface area (Å²) in [5, 5.41) is 11.3. The van der Waals surface area contributed by atoms with Crippen molar-refractivity contribution in [2.45, 2.75) is 57.8 Å². The summed E-state index contributed by atoms with van der Waals surface area (Å²) in [6.45, 7) is 7.36. The lowest BCUT2D eigenvalue weighted by Gasteiger charge is -2.35. The molecule has 1 fully saturated rings. The number of hydrogen-bond acceptors (Lipinski definition) is 2. The third kappa shape index (κ3) is 2.44. The number of ether oxygens (including phenoxy) is 1.